The van der Waals surface area contributed by atoms with E-state index in [1.165, 1.54) is 250 Å². The zero-order chi connectivity index (χ0) is 57.1. The van der Waals surface area contributed by atoms with Gasteiger partial charge in [0.05, 0.1) is 0 Å². The van der Waals surface area contributed by atoms with Crippen LogP contribution in [0, 0.1) is 0 Å². The molecule has 6 nitrogen and oxygen atoms in total. The lowest BCUT2D eigenvalue weighted by Crippen LogP contribution is -2.30. The Morgan fingerprint density at radius 2 is 0.494 bits per heavy atom. The molecule has 462 valence electrons. The molecule has 0 saturated carbocycles. The Bertz CT molecular complexity index is 1360. The molecule has 0 N–H and O–H groups in total. The number of carbonyl (C=O) groups excluding carboxylic acids is 3. The second kappa shape index (κ2) is 67.9. The molecule has 6 heteroatoms. The number of hydrogen-bond acceptors (Lipinski definition) is 6. The summed E-state index contributed by atoms with van der Waals surface area (Å²) in [5, 5.41) is 0. The van der Waals surface area contributed by atoms with Gasteiger partial charge in [-0.15, -0.1) is 0 Å². The minimum absolute atomic E-state index is 0.0760. The number of carbonyl (C=O) groups is 3. The van der Waals surface area contributed by atoms with Crippen molar-refractivity contribution in [2.75, 3.05) is 13.2 Å². The van der Waals surface area contributed by atoms with E-state index in [9.17, 15) is 14.4 Å². The summed E-state index contributed by atoms with van der Waals surface area (Å²) in [4.78, 5) is 38.4. The summed E-state index contributed by atoms with van der Waals surface area (Å²) in [6, 6.07) is 0. The third kappa shape index (κ3) is 66.1. The highest BCUT2D eigenvalue weighted by Crippen LogP contribution is 2.18. The zero-order valence-electron chi connectivity index (χ0n) is 53.2. The topological polar surface area (TPSA) is 78.9 Å². The van der Waals surface area contributed by atoms with Crippen molar-refractivity contribution >= 4 is 17.9 Å². The Morgan fingerprint density at radius 1 is 0.266 bits per heavy atom. The Morgan fingerprint density at radius 3 is 0.785 bits per heavy atom. The molecule has 0 bridgehead atoms. The summed E-state index contributed by atoms with van der Waals surface area (Å²) in [6.45, 7) is 6.58. The molecule has 0 aliphatic rings. The second-order valence-electron chi connectivity index (χ2n) is 23.8. The lowest BCUT2D eigenvalue weighted by Gasteiger charge is -2.18. The normalized spacial score (nSPS) is 12.3. The van der Waals surface area contributed by atoms with Crippen LogP contribution in [-0.2, 0) is 28.6 Å². The fourth-order valence-corrected chi connectivity index (χ4v) is 10.6. The van der Waals surface area contributed by atoms with Gasteiger partial charge in [-0.3, -0.25) is 14.4 Å². The van der Waals surface area contributed by atoms with Gasteiger partial charge >= 0.3 is 17.9 Å². The minimum atomic E-state index is -0.782. The number of ether oxygens (including phenoxy) is 3. The predicted octanol–water partition coefficient (Wildman–Crippen LogP) is 24.1. The molecular weight excluding hydrogens is 973 g/mol. The van der Waals surface area contributed by atoms with Crippen molar-refractivity contribution in [1.29, 1.82) is 0 Å². The molecule has 1 unspecified atom stereocenters. The van der Waals surface area contributed by atoms with Gasteiger partial charge in [0, 0.05) is 19.3 Å². The number of unbranched alkanes of at least 4 members (excludes halogenated alkanes) is 46. The molecule has 0 radical (unpaired) electrons. The summed E-state index contributed by atoms with van der Waals surface area (Å²) in [7, 11) is 0. The molecule has 0 aliphatic heterocycles. The van der Waals surface area contributed by atoms with Crippen LogP contribution in [-0.4, -0.2) is 37.2 Å². The van der Waals surface area contributed by atoms with Crippen molar-refractivity contribution in [2.24, 2.45) is 0 Å². The summed E-state index contributed by atoms with van der Waals surface area (Å²) < 4.78 is 17.0. The van der Waals surface area contributed by atoms with Crippen LogP contribution in [0.15, 0.2) is 48.6 Å². The maximum atomic E-state index is 12.9. The van der Waals surface area contributed by atoms with E-state index in [0.29, 0.717) is 19.3 Å². The van der Waals surface area contributed by atoms with Gasteiger partial charge in [-0.05, 0) is 77.0 Å². The van der Waals surface area contributed by atoms with Crippen molar-refractivity contribution in [3.63, 3.8) is 0 Å². The Hall–Kier alpha value is -2.63. The van der Waals surface area contributed by atoms with Crippen molar-refractivity contribution in [3.05, 3.63) is 48.6 Å². The second-order valence-corrected chi connectivity index (χ2v) is 23.8. The minimum Gasteiger partial charge on any atom is -0.462 e. The van der Waals surface area contributed by atoms with Crippen LogP contribution in [0.2, 0.25) is 0 Å². The van der Waals surface area contributed by atoms with Crippen LogP contribution in [0.1, 0.15) is 380 Å². The maximum Gasteiger partial charge on any atom is 0.306 e. The third-order valence-electron chi connectivity index (χ3n) is 15.8. The highest BCUT2D eigenvalue weighted by molar-refractivity contribution is 5.71. The molecule has 0 aliphatic carbocycles. The average Bonchev–Trinajstić information content (AvgIpc) is 3.45. The van der Waals surface area contributed by atoms with Crippen molar-refractivity contribution in [2.45, 2.75) is 386 Å². The first-order valence-corrected chi connectivity index (χ1v) is 35.1. The Kier molecular flexibility index (Phi) is 65.6. The largest absolute Gasteiger partial charge is 0.462 e. The molecule has 0 spiro atoms. The average molecular weight is 1110 g/mol. The fraction of sp³-hybridized carbons (Fsp3) is 0.849. The van der Waals surface area contributed by atoms with E-state index in [1.54, 1.807) is 0 Å². The first kappa shape index (κ1) is 76.4. The van der Waals surface area contributed by atoms with Crippen LogP contribution >= 0.6 is 0 Å². The lowest BCUT2D eigenvalue weighted by molar-refractivity contribution is -0.167. The molecule has 0 aromatic rings. The molecule has 0 heterocycles. The van der Waals surface area contributed by atoms with Gasteiger partial charge < -0.3 is 14.2 Å². The van der Waals surface area contributed by atoms with Gasteiger partial charge in [0.15, 0.2) is 6.10 Å². The van der Waals surface area contributed by atoms with Crippen molar-refractivity contribution in [1.82, 2.24) is 0 Å². The molecule has 0 saturated heterocycles. The van der Waals surface area contributed by atoms with E-state index in [2.05, 4.69) is 69.4 Å². The van der Waals surface area contributed by atoms with Crippen LogP contribution < -0.4 is 0 Å². The number of esters is 3. The Balaban J connectivity index is 4.23. The fourth-order valence-electron chi connectivity index (χ4n) is 10.6. The molecular formula is C73H134O6. The van der Waals surface area contributed by atoms with Gasteiger partial charge in [-0.2, -0.15) is 0 Å². The number of rotatable bonds is 65. The maximum absolute atomic E-state index is 12.9. The summed E-state index contributed by atoms with van der Waals surface area (Å²) in [5.41, 5.74) is 0. The molecule has 0 rings (SSSR count). The van der Waals surface area contributed by atoms with Gasteiger partial charge in [0.1, 0.15) is 13.2 Å². The summed E-state index contributed by atoms with van der Waals surface area (Å²) in [5.74, 6) is -0.870. The van der Waals surface area contributed by atoms with Crippen LogP contribution in [0.25, 0.3) is 0 Å². The van der Waals surface area contributed by atoms with Crippen molar-refractivity contribution < 1.29 is 28.6 Å². The number of allylic oxidation sites excluding steroid dienone is 8. The van der Waals surface area contributed by atoms with E-state index in [1.807, 2.05) is 0 Å². The van der Waals surface area contributed by atoms with Crippen LogP contribution in [0.3, 0.4) is 0 Å². The predicted molar refractivity (Wildman–Crippen MR) is 344 cm³/mol. The van der Waals surface area contributed by atoms with Crippen LogP contribution in [0.4, 0.5) is 0 Å². The van der Waals surface area contributed by atoms with E-state index >= 15 is 0 Å². The van der Waals surface area contributed by atoms with Crippen molar-refractivity contribution in [3.8, 4) is 0 Å². The first-order valence-electron chi connectivity index (χ1n) is 35.1. The number of hydrogen-bond donors (Lipinski definition) is 0. The highest BCUT2D eigenvalue weighted by atomic mass is 16.6. The van der Waals surface area contributed by atoms with Gasteiger partial charge in [0.2, 0.25) is 0 Å². The molecule has 0 aromatic carbocycles. The standard InChI is InChI=1S/C73H134O6/c1-4-7-10-13-16-19-22-25-28-31-32-33-34-35-36-37-38-39-40-41-43-45-48-51-54-57-60-63-66-72(75)78-69-70(68-77-71(74)65-62-59-56-53-50-47-44-30-27-24-21-18-15-12-9-6-3)79-73(76)67-64-61-58-55-52-49-46-42-29-26-23-20-17-14-11-8-5-2/h8,11,17,20,26,29-30,44,70H,4-7,9-10,12-16,18-19,21-25,27-28,31-43,45-69H2,1-3H3/b11-8-,20-17-,29-26-,44-30-. The quantitative estimate of drug-likeness (QED) is 0.0261. The molecule has 1 atom stereocenters. The Labute approximate surface area is 492 Å². The summed E-state index contributed by atoms with van der Waals surface area (Å²) in [6.07, 6.45) is 85.7. The third-order valence-corrected chi connectivity index (χ3v) is 15.8. The van der Waals surface area contributed by atoms with Gasteiger partial charge in [-0.1, -0.05) is 333 Å². The van der Waals surface area contributed by atoms with E-state index < -0.39 is 6.10 Å². The highest BCUT2D eigenvalue weighted by Gasteiger charge is 2.19. The molecule has 0 fully saturated rings. The lowest BCUT2D eigenvalue weighted by atomic mass is 10.0. The smallest absolute Gasteiger partial charge is 0.306 e. The first-order chi connectivity index (χ1) is 39.0. The molecule has 79 heavy (non-hydrogen) atoms. The zero-order valence-corrected chi connectivity index (χ0v) is 53.2. The van der Waals surface area contributed by atoms with Gasteiger partial charge in [0.25, 0.3) is 0 Å². The van der Waals surface area contributed by atoms with E-state index in [0.717, 1.165) is 89.9 Å². The SMILES string of the molecule is CC/C=C\C/C=C\C/C=C\CCCCCCCCCC(=O)OC(COC(=O)CCCCCCC/C=C\CCCCCCCCC)COC(=O)CCCCCCCCCCCCCCCCCCCCCCCCCCCCCC. The monoisotopic (exact) mass is 1110 g/mol. The van der Waals surface area contributed by atoms with E-state index in [4.69, 9.17) is 14.2 Å². The molecule has 0 aromatic heterocycles. The summed E-state index contributed by atoms with van der Waals surface area (Å²) >= 11 is 0. The van der Waals surface area contributed by atoms with E-state index in [-0.39, 0.29) is 31.1 Å². The molecule has 0 amide bonds. The van der Waals surface area contributed by atoms with Crippen LogP contribution in [0.5, 0.6) is 0 Å². The van der Waals surface area contributed by atoms with Gasteiger partial charge in [-0.25, -0.2) is 0 Å².